The van der Waals surface area contributed by atoms with E-state index in [1.807, 2.05) is 13.0 Å². The first-order valence-electron chi connectivity index (χ1n) is 6.62. The zero-order valence-corrected chi connectivity index (χ0v) is 11.1. The van der Waals surface area contributed by atoms with Gasteiger partial charge in [0.15, 0.2) is 0 Å². The van der Waals surface area contributed by atoms with Gasteiger partial charge in [-0.1, -0.05) is 0 Å². The van der Waals surface area contributed by atoms with Gasteiger partial charge in [-0.15, -0.1) is 0 Å². The first-order chi connectivity index (χ1) is 8.58. The average molecular weight is 247 g/mol. The summed E-state index contributed by atoms with van der Waals surface area (Å²) in [7, 11) is 0. The maximum absolute atomic E-state index is 11.1. The second-order valence-corrected chi connectivity index (χ2v) is 5.30. The van der Waals surface area contributed by atoms with Crippen LogP contribution in [0.25, 0.3) is 0 Å². The lowest BCUT2D eigenvalue weighted by Crippen LogP contribution is -2.31. The molecule has 0 radical (unpaired) electrons. The van der Waals surface area contributed by atoms with Gasteiger partial charge in [-0.3, -0.25) is 0 Å². The lowest BCUT2D eigenvalue weighted by Gasteiger charge is -2.24. The predicted octanol–water partition coefficient (Wildman–Crippen LogP) is 2.54. The molecule has 1 aliphatic heterocycles. The second kappa shape index (κ2) is 5.53. The van der Waals surface area contributed by atoms with Gasteiger partial charge in [0.1, 0.15) is 0 Å². The van der Waals surface area contributed by atoms with Crippen LogP contribution in [-0.2, 0) is 6.42 Å². The van der Waals surface area contributed by atoms with Gasteiger partial charge in [0.2, 0.25) is 0 Å². The van der Waals surface area contributed by atoms with Crippen molar-refractivity contribution in [1.82, 2.24) is 5.32 Å². The molecule has 3 heteroatoms. The molecule has 1 atom stereocenters. The number of carboxylic acids is 1. The van der Waals surface area contributed by atoms with E-state index in [0.29, 0.717) is 11.5 Å². The molecule has 1 heterocycles. The molecule has 1 fully saturated rings. The molecule has 0 bridgehead atoms. The van der Waals surface area contributed by atoms with Crippen molar-refractivity contribution in [1.29, 1.82) is 0 Å². The maximum Gasteiger partial charge on any atom is 0.335 e. The molecule has 1 unspecified atom stereocenters. The first-order valence-corrected chi connectivity index (χ1v) is 6.62. The number of hydrogen-bond donors (Lipinski definition) is 2. The summed E-state index contributed by atoms with van der Waals surface area (Å²) in [6.07, 6.45) is 3.45. The Morgan fingerprint density at radius 2 is 2.22 bits per heavy atom. The summed E-state index contributed by atoms with van der Waals surface area (Å²) in [5.74, 6) is -0.193. The van der Waals surface area contributed by atoms with Gasteiger partial charge >= 0.3 is 5.97 Å². The van der Waals surface area contributed by atoms with Crippen LogP contribution in [0.2, 0.25) is 0 Å². The van der Waals surface area contributed by atoms with Crippen molar-refractivity contribution in [2.75, 3.05) is 13.1 Å². The van der Waals surface area contributed by atoms with E-state index in [1.54, 1.807) is 6.07 Å². The Morgan fingerprint density at radius 1 is 1.44 bits per heavy atom. The number of aromatic carboxylic acids is 1. The van der Waals surface area contributed by atoms with Gasteiger partial charge in [-0.25, -0.2) is 4.79 Å². The van der Waals surface area contributed by atoms with E-state index in [0.717, 1.165) is 25.1 Å². The summed E-state index contributed by atoms with van der Waals surface area (Å²) >= 11 is 0. The molecular formula is C15H21NO2. The predicted molar refractivity (Wildman–Crippen MR) is 72.2 cm³/mol. The third-order valence-electron chi connectivity index (χ3n) is 3.93. The smallest absolute Gasteiger partial charge is 0.335 e. The molecule has 2 N–H and O–H groups in total. The summed E-state index contributed by atoms with van der Waals surface area (Å²) < 4.78 is 0. The Balaban J connectivity index is 2.22. The zero-order valence-electron chi connectivity index (χ0n) is 11.1. The van der Waals surface area contributed by atoms with Crippen LogP contribution in [0.15, 0.2) is 12.1 Å². The highest BCUT2D eigenvalue weighted by Crippen LogP contribution is 2.22. The fraction of sp³-hybridized carbons (Fsp3) is 0.533. The quantitative estimate of drug-likeness (QED) is 0.863. The Bertz CT molecular complexity index is 448. The van der Waals surface area contributed by atoms with E-state index in [2.05, 4.69) is 12.2 Å². The van der Waals surface area contributed by atoms with Gasteiger partial charge < -0.3 is 10.4 Å². The maximum atomic E-state index is 11.1. The van der Waals surface area contributed by atoms with E-state index in [1.165, 1.54) is 24.0 Å². The fourth-order valence-corrected chi connectivity index (χ4v) is 2.68. The SMILES string of the molecule is Cc1cc(C(=O)O)cc(CC2CCCNC2)c1C. The molecule has 0 aliphatic carbocycles. The summed E-state index contributed by atoms with van der Waals surface area (Å²) in [6, 6.07) is 3.61. The van der Waals surface area contributed by atoms with Gasteiger partial charge in [0, 0.05) is 0 Å². The number of rotatable bonds is 3. The van der Waals surface area contributed by atoms with Crippen LogP contribution in [0, 0.1) is 19.8 Å². The van der Waals surface area contributed by atoms with E-state index in [4.69, 9.17) is 5.11 Å². The van der Waals surface area contributed by atoms with Crippen molar-refractivity contribution < 1.29 is 9.90 Å². The average Bonchev–Trinajstić information content (AvgIpc) is 2.35. The number of nitrogens with one attached hydrogen (secondary N) is 1. The number of carbonyl (C=O) groups is 1. The molecule has 1 saturated heterocycles. The largest absolute Gasteiger partial charge is 0.478 e. The van der Waals surface area contributed by atoms with Crippen LogP contribution in [0.1, 0.15) is 39.9 Å². The molecule has 3 nitrogen and oxygen atoms in total. The number of hydrogen-bond acceptors (Lipinski definition) is 2. The summed E-state index contributed by atoms with van der Waals surface area (Å²) in [5.41, 5.74) is 3.93. The lowest BCUT2D eigenvalue weighted by atomic mass is 9.88. The molecule has 1 aromatic rings. The lowest BCUT2D eigenvalue weighted by molar-refractivity contribution is 0.0696. The standard InChI is InChI=1S/C15H21NO2/c1-10-6-14(15(17)18)8-13(11(10)2)7-12-4-3-5-16-9-12/h6,8,12,16H,3-5,7,9H2,1-2H3,(H,17,18). The third-order valence-corrected chi connectivity index (χ3v) is 3.93. The number of aryl methyl sites for hydroxylation is 1. The molecule has 0 spiro atoms. The van der Waals surface area contributed by atoms with Crippen molar-refractivity contribution in [3.8, 4) is 0 Å². The minimum atomic E-state index is -0.832. The summed E-state index contributed by atoms with van der Waals surface area (Å²) in [5, 5.41) is 12.5. The van der Waals surface area contributed by atoms with Gasteiger partial charge in [-0.2, -0.15) is 0 Å². The highest BCUT2D eigenvalue weighted by atomic mass is 16.4. The van der Waals surface area contributed by atoms with Gasteiger partial charge in [0.05, 0.1) is 5.56 Å². The number of carboxylic acid groups (broad SMARTS) is 1. The first kappa shape index (κ1) is 13.1. The van der Waals surface area contributed by atoms with Crippen LogP contribution in [0.3, 0.4) is 0 Å². The molecule has 0 amide bonds. The van der Waals surface area contributed by atoms with E-state index >= 15 is 0 Å². The van der Waals surface area contributed by atoms with Crippen LogP contribution < -0.4 is 5.32 Å². The van der Waals surface area contributed by atoms with Crippen LogP contribution in [0.4, 0.5) is 0 Å². The summed E-state index contributed by atoms with van der Waals surface area (Å²) in [6.45, 7) is 6.25. The molecule has 0 aromatic heterocycles. The Kier molecular flexibility index (Phi) is 4.02. The van der Waals surface area contributed by atoms with Crippen LogP contribution in [-0.4, -0.2) is 24.2 Å². The van der Waals surface area contributed by atoms with Crippen LogP contribution in [0.5, 0.6) is 0 Å². The summed E-state index contributed by atoms with van der Waals surface area (Å²) in [4.78, 5) is 11.1. The second-order valence-electron chi connectivity index (χ2n) is 5.30. The minimum absolute atomic E-state index is 0.414. The minimum Gasteiger partial charge on any atom is -0.478 e. The Morgan fingerprint density at radius 3 is 2.83 bits per heavy atom. The number of piperidine rings is 1. The highest BCUT2D eigenvalue weighted by Gasteiger charge is 2.16. The molecule has 2 rings (SSSR count). The fourth-order valence-electron chi connectivity index (χ4n) is 2.68. The Labute approximate surface area is 108 Å². The zero-order chi connectivity index (χ0) is 13.1. The van der Waals surface area contributed by atoms with Gasteiger partial charge in [-0.05, 0) is 80.9 Å². The van der Waals surface area contributed by atoms with Crippen molar-refractivity contribution in [3.05, 3.63) is 34.4 Å². The molecular weight excluding hydrogens is 226 g/mol. The molecule has 0 saturated carbocycles. The van der Waals surface area contributed by atoms with E-state index < -0.39 is 5.97 Å². The van der Waals surface area contributed by atoms with Crippen molar-refractivity contribution >= 4 is 5.97 Å². The molecule has 18 heavy (non-hydrogen) atoms. The third kappa shape index (κ3) is 2.91. The van der Waals surface area contributed by atoms with E-state index in [9.17, 15) is 4.79 Å². The Hall–Kier alpha value is -1.35. The molecule has 98 valence electrons. The topological polar surface area (TPSA) is 49.3 Å². The normalized spacial score (nSPS) is 19.8. The monoisotopic (exact) mass is 247 g/mol. The number of benzene rings is 1. The van der Waals surface area contributed by atoms with Crippen molar-refractivity contribution in [2.45, 2.75) is 33.1 Å². The molecule has 1 aliphatic rings. The molecule has 1 aromatic carbocycles. The van der Waals surface area contributed by atoms with Crippen molar-refractivity contribution in [2.24, 2.45) is 5.92 Å². The van der Waals surface area contributed by atoms with Crippen molar-refractivity contribution in [3.63, 3.8) is 0 Å². The highest BCUT2D eigenvalue weighted by molar-refractivity contribution is 5.88. The van der Waals surface area contributed by atoms with E-state index in [-0.39, 0.29) is 0 Å². The van der Waals surface area contributed by atoms with Gasteiger partial charge in [0.25, 0.3) is 0 Å². The van der Waals surface area contributed by atoms with Crippen LogP contribution >= 0.6 is 0 Å².